The summed E-state index contributed by atoms with van der Waals surface area (Å²) in [7, 11) is -2.15. The van der Waals surface area contributed by atoms with Gasteiger partial charge in [0.2, 0.25) is 5.91 Å². The third-order valence-corrected chi connectivity index (χ3v) is 7.37. The predicted octanol–water partition coefficient (Wildman–Crippen LogP) is 3.00. The van der Waals surface area contributed by atoms with Crippen LogP contribution in [0.25, 0.3) is 0 Å². The molecule has 0 radical (unpaired) electrons. The molecule has 3 aromatic rings. The molecule has 0 saturated carbocycles. The number of fused-ring (bicyclic) bond motifs is 1. The fourth-order valence-corrected chi connectivity index (χ4v) is 5.19. The van der Waals surface area contributed by atoms with Gasteiger partial charge in [0.1, 0.15) is 25.6 Å². The summed E-state index contributed by atoms with van der Waals surface area (Å²) in [4.78, 5) is 37.2. The van der Waals surface area contributed by atoms with Crippen LogP contribution in [0, 0.1) is 5.82 Å². The Bertz CT molecular complexity index is 1540. The van der Waals surface area contributed by atoms with Gasteiger partial charge in [0, 0.05) is 6.07 Å². The summed E-state index contributed by atoms with van der Waals surface area (Å²) in [6.07, 6.45) is 0. The van der Waals surface area contributed by atoms with Crippen LogP contribution in [-0.4, -0.2) is 60.2 Å². The first kappa shape index (κ1) is 27.4. The number of hydrogen-bond acceptors (Lipinski definition) is 9. The molecule has 0 bridgehead atoms. The minimum Gasteiger partial charge on any atom is -0.486 e. The van der Waals surface area contributed by atoms with E-state index < -0.39 is 40.2 Å². The number of esters is 2. The van der Waals surface area contributed by atoms with Gasteiger partial charge >= 0.3 is 11.9 Å². The topological polar surface area (TPSA) is 138 Å². The van der Waals surface area contributed by atoms with Gasteiger partial charge in [0.15, 0.2) is 11.5 Å². The van der Waals surface area contributed by atoms with Gasteiger partial charge in [0.25, 0.3) is 10.0 Å². The minimum atomic E-state index is -4.44. The molecule has 0 aromatic heterocycles. The van der Waals surface area contributed by atoms with Gasteiger partial charge in [-0.25, -0.2) is 22.4 Å². The van der Waals surface area contributed by atoms with Gasteiger partial charge in [0.05, 0.1) is 41.6 Å². The van der Waals surface area contributed by atoms with E-state index in [0.29, 0.717) is 16.7 Å². The molecule has 3 aromatic carbocycles. The Morgan fingerprint density at radius 3 is 2.33 bits per heavy atom. The van der Waals surface area contributed by atoms with E-state index in [1.807, 2.05) is 0 Å². The first-order valence-electron chi connectivity index (χ1n) is 11.4. The zero-order valence-electron chi connectivity index (χ0n) is 20.8. The van der Waals surface area contributed by atoms with Crippen molar-refractivity contribution in [2.45, 2.75) is 4.90 Å². The number of carbonyl (C=O) groups excluding carboxylic acids is 3. The van der Waals surface area contributed by atoms with Crippen LogP contribution < -0.4 is 19.1 Å². The van der Waals surface area contributed by atoms with Gasteiger partial charge < -0.3 is 24.3 Å². The van der Waals surface area contributed by atoms with Crippen molar-refractivity contribution in [2.75, 3.05) is 43.6 Å². The molecule has 0 spiro atoms. The predicted molar refractivity (Wildman–Crippen MR) is 136 cm³/mol. The first-order valence-corrected chi connectivity index (χ1v) is 12.9. The molecule has 0 saturated heterocycles. The van der Waals surface area contributed by atoms with Gasteiger partial charge in [-0.15, -0.1) is 0 Å². The van der Waals surface area contributed by atoms with Crippen LogP contribution >= 0.6 is 0 Å². The lowest BCUT2D eigenvalue weighted by molar-refractivity contribution is -0.114. The summed E-state index contributed by atoms with van der Waals surface area (Å²) < 4.78 is 62.6. The number of sulfonamides is 1. The molecule has 0 atom stereocenters. The van der Waals surface area contributed by atoms with E-state index in [1.54, 1.807) is 0 Å². The molecular formula is C26H23FN2O9S. The van der Waals surface area contributed by atoms with Crippen LogP contribution in [0.2, 0.25) is 0 Å². The van der Waals surface area contributed by atoms with Gasteiger partial charge in [-0.3, -0.25) is 9.10 Å². The molecule has 1 amide bonds. The summed E-state index contributed by atoms with van der Waals surface area (Å²) >= 11 is 0. The first-order chi connectivity index (χ1) is 18.6. The van der Waals surface area contributed by atoms with Gasteiger partial charge in [-0.05, 0) is 48.5 Å². The lowest BCUT2D eigenvalue weighted by Crippen LogP contribution is -2.38. The molecule has 0 fully saturated rings. The van der Waals surface area contributed by atoms with E-state index in [9.17, 15) is 27.2 Å². The summed E-state index contributed by atoms with van der Waals surface area (Å²) in [6, 6.07) is 12.4. The summed E-state index contributed by atoms with van der Waals surface area (Å²) in [5, 5.41) is 2.44. The molecule has 204 valence electrons. The Kier molecular flexibility index (Phi) is 8.00. The zero-order chi connectivity index (χ0) is 28.2. The lowest BCUT2D eigenvalue weighted by atomic mass is 10.1. The Balaban J connectivity index is 1.71. The number of nitrogens with one attached hydrogen (secondary N) is 1. The highest BCUT2D eigenvalue weighted by Crippen LogP contribution is 2.34. The summed E-state index contributed by atoms with van der Waals surface area (Å²) in [5.74, 6) is -2.61. The Morgan fingerprint density at radius 2 is 1.64 bits per heavy atom. The van der Waals surface area contributed by atoms with Crippen molar-refractivity contribution in [1.82, 2.24) is 0 Å². The molecule has 0 unspecified atom stereocenters. The molecule has 0 aliphatic carbocycles. The number of ether oxygens (including phenoxy) is 4. The highest BCUT2D eigenvalue weighted by atomic mass is 32.2. The van der Waals surface area contributed by atoms with E-state index in [1.165, 1.54) is 48.5 Å². The lowest BCUT2D eigenvalue weighted by Gasteiger charge is -2.25. The highest BCUT2D eigenvalue weighted by Gasteiger charge is 2.30. The standard InChI is InChI=1S/C26H23FN2O9S/c1-35-25(31)16-6-8-20(26(32)36-2)21(12-16)28-24(30)15-29(18-5-3-4-17(27)13-18)39(33,34)19-7-9-22-23(14-19)38-11-10-37-22/h3-9,12-14H,10-11,15H2,1-2H3,(H,28,30). The number of halogens is 1. The maximum atomic E-state index is 14.1. The van der Waals surface area contributed by atoms with Gasteiger partial charge in [-0.1, -0.05) is 6.07 Å². The van der Waals surface area contributed by atoms with Crippen molar-refractivity contribution < 1.29 is 46.1 Å². The van der Waals surface area contributed by atoms with Crippen molar-refractivity contribution >= 4 is 39.2 Å². The monoisotopic (exact) mass is 558 g/mol. The number of carbonyl (C=O) groups is 3. The van der Waals surface area contributed by atoms with Crippen LogP contribution in [0.3, 0.4) is 0 Å². The fourth-order valence-electron chi connectivity index (χ4n) is 3.76. The molecule has 1 N–H and O–H groups in total. The third kappa shape index (κ3) is 5.93. The highest BCUT2D eigenvalue weighted by molar-refractivity contribution is 7.92. The number of methoxy groups -OCH3 is 2. The van der Waals surface area contributed by atoms with Crippen LogP contribution in [0.1, 0.15) is 20.7 Å². The van der Waals surface area contributed by atoms with E-state index in [-0.39, 0.29) is 39.8 Å². The maximum absolute atomic E-state index is 14.1. The van der Waals surface area contributed by atoms with E-state index >= 15 is 0 Å². The average molecular weight is 559 g/mol. The number of rotatable bonds is 8. The fraction of sp³-hybridized carbons (Fsp3) is 0.192. The molecule has 1 heterocycles. The Hall–Kier alpha value is -4.65. The van der Waals surface area contributed by atoms with Crippen molar-refractivity contribution in [2.24, 2.45) is 0 Å². The molecule has 1 aliphatic rings. The second kappa shape index (κ2) is 11.4. The number of anilines is 2. The quantitative estimate of drug-likeness (QED) is 0.414. The Labute approximate surface area is 223 Å². The molecule has 39 heavy (non-hydrogen) atoms. The average Bonchev–Trinajstić information content (AvgIpc) is 2.94. The van der Waals surface area contributed by atoms with Gasteiger partial charge in [-0.2, -0.15) is 0 Å². The number of benzene rings is 3. The molecular weight excluding hydrogens is 535 g/mol. The van der Waals surface area contributed by atoms with Crippen molar-refractivity contribution in [3.05, 3.63) is 77.6 Å². The third-order valence-electron chi connectivity index (χ3n) is 5.61. The van der Waals surface area contributed by atoms with Crippen LogP contribution in [0.15, 0.2) is 65.6 Å². The molecule has 11 nitrogen and oxygen atoms in total. The molecule has 1 aliphatic heterocycles. The molecule has 4 rings (SSSR count). The minimum absolute atomic E-state index is 0.0198. The van der Waals surface area contributed by atoms with Crippen LogP contribution in [0.4, 0.5) is 15.8 Å². The summed E-state index contributed by atoms with van der Waals surface area (Å²) in [5.41, 5.74) is -0.320. The van der Waals surface area contributed by atoms with Crippen molar-refractivity contribution in [1.29, 1.82) is 0 Å². The number of nitrogens with zero attached hydrogens (tertiary/aromatic N) is 1. The number of amides is 1. The van der Waals surface area contributed by atoms with Crippen molar-refractivity contribution in [3.8, 4) is 11.5 Å². The van der Waals surface area contributed by atoms with Crippen molar-refractivity contribution in [3.63, 3.8) is 0 Å². The van der Waals surface area contributed by atoms with E-state index in [2.05, 4.69) is 10.1 Å². The smallest absolute Gasteiger partial charge is 0.339 e. The maximum Gasteiger partial charge on any atom is 0.339 e. The van der Waals surface area contributed by atoms with Crippen LogP contribution in [-0.2, 0) is 24.3 Å². The molecule has 13 heteroatoms. The summed E-state index contributed by atoms with van der Waals surface area (Å²) in [6.45, 7) is -0.289. The number of hydrogen-bond donors (Lipinski definition) is 1. The largest absolute Gasteiger partial charge is 0.486 e. The van der Waals surface area contributed by atoms with E-state index in [4.69, 9.17) is 14.2 Å². The Morgan fingerprint density at radius 1 is 0.923 bits per heavy atom. The zero-order valence-corrected chi connectivity index (χ0v) is 21.6. The second-order valence-corrected chi connectivity index (χ2v) is 9.95. The van der Waals surface area contributed by atoms with E-state index in [0.717, 1.165) is 26.4 Å². The SMILES string of the molecule is COC(=O)c1ccc(C(=O)OC)c(NC(=O)CN(c2cccc(F)c2)S(=O)(=O)c2ccc3c(c2)OCCO3)c1. The normalized spacial score (nSPS) is 12.3. The second-order valence-electron chi connectivity index (χ2n) is 8.09. The van der Waals surface area contributed by atoms with Crippen LogP contribution in [0.5, 0.6) is 11.5 Å².